The molecule has 0 bridgehead atoms. The minimum Gasteiger partial charge on any atom is -0.493 e. The monoisotopic (exact) mass is 415 g/mol. The molecular weight excluding hydrogens is 390 g/mol. The lowest BCUT2D eigenvalue weighted by atomic mass is 10.2. The molecule has 0 aromatic heterocycles. The molecule has 8 heteroatoms. The van der Waals surface area contributed by atoms with Crippen molar-refractivity contribution in [2.45, 2.75) is 13.5 Å². The van der Waals surface area contributed by atoms with E-state index in [-0.39, 0.29) is 18.1 Å². The molecule has 1 heterocycles. The summed E-state index contributed by atoms with van der Waals surface area (Å²) in [5, 5.41) is 0. The van der Waals surface area contributed by atoms with E-state index in [1.165, 1.54) is 18.1 Å². The second-order valence-electron chi connectivity index (χ2n) is 6.60. The van der Waals surface area contributed by atoms with Crippen molar-refractivity contribution in [3.05, 3.63) is 47.5 Å². The Hall–Kier alpha value is -3.42. The van der Waals surface area contributed by atoms with Crippen molar-refractivity contribution >= 4 is 11.9 Å². The van der Waals surface area contributed by atoms with E-state index in [1.54, 1.807) is 19.2 Å². The lowest BCUT2D eigenvalue weighted by Crippen LogP contribution is -2.30. The minimum absolute atomic E-state index is 0.276. The molecule has 0 radical (unpaired) electrons. The molecule has 0 fully saturated rings. The van der Waals surface area contributed by atoms with E-state index in [1.807, 2.05) is 25.1 Å². The number of methoxy groups -OCH3 is 1. The van der Waals surface area contributed by atoms with Crippen LogP contribution in [-0.4, -0.2) is 57.4 Å². The molecule has 0 aliphatic carbocycles. The topological polar surface area (TPSA) is 83.5 Å². The van der Waals surface area contributed by atoms with E-state index < -0.39 is 5.97 Å². The highest BCUT2D eigenvalue weighted by molar-refractivity contribution is 5.92. The van der Waals surface area contributed by atoms with Crippen molar-refractivity contribution in [2.75, 3.05) is 40.6 Å². The number of benzene rings is 2. The quantitative estimate of drug-likeness (QED) is 0.613. The van der Waals surface area contributed by atoms with E-state index in [9.17, 15) is 9.59 Å². The van der Waals surface area contributed by atoms with Crippen LogP contribution in [0.4, 0.5) is 0 Å². The number of carbonyl (C=O) groups excluding carboxylic acids is 2. The number of carbonyl (C=O) groups is 2. The largest absolute Gasteiger partial charge is 0.493 e. The Labute approximate surface area is 175 Å². The molecule has 0 unspecified atom stereocenters. The molecule has 1 amide bonds. The van der Waals surface area contributed by atoms with E-state index in [4.69, 9.17) is 23.7 Å². The number of nitrogens with zero attached hydrogens (tertiary/aromatic N) is 1. The van der Waals surface area contributed by atoms with Gasteiger partial charge in [0.15, 0.2) is 29.6 Å². The molecule has 160 valence electrons. The van der Waals surface area contributed by atoms with Gasteiger partial charge < -0.3 is 28.6 Å². The van der Waals surface area contributed by atoms with Crippen LogP contribution in [0, 0.1) is 0 Å². The van der Waals surface area contributed by atoms with Gasteiger partial charge in [0.25, 0.3) is 5.91 Å². The number of likely N-dealkylation sites (N-methyl/N-ethyl adjacent to an activating group) is 1. The van der Waals surface area contributed by atoms with Crippen LogP contribution < -0.4 is 18.9 Å². The minimum atomic E-state index is -0.613. The van der Waals surface area contributed by atoms with E-state index in [0.29, 0.717) is 49.4 Å². The SMILES string of the molecule is CCOc1ccc(C(=O)OCC(=O)N(C)Cc2ccc3c(c2)OCCO3)cc1OC. The number of hydrogen-bond acceptors (Lipinski definition) is 7. The first kappa shape index (κ1) is 21.3. The van der Waals surface area contributed by atoms with Crippen molar-refractivity contribution in [3.8, 4) is 23.0 Å². The summed E-state index contributed by atoms with van der Waals surface area (Å²) in [5.41, 5.74) is 1.16. The maximum Gasteiger partial charge on any atom is 0.338 e. The van der Waals surface area contributed by atoms with Gasteiger partial charge in [0, 0.05) is 13.6 Å². The molecule has 0 saturated heterocycles. The smallest absolute Gasteiger partial charge is 0.338 e. The zero-order valence-corrected chi connectivity index (χ0v) is 17.3. The molecular formula is C22H25NO7. The van der Waals surface area contributed by atoms with E-state index >= 15 is 0 Å². The maximum absolute atomic E-state index is 12.4. The third kappa shape index (κ3) is 5.14. The summed E-state index contributed by atoms with van der Waals surface area (Å²) in [6.45, 7) is 3.34. The van der Waals surface area contributed by atoms with Crippen molar-refractivity contribution in [1.82, 2.24) is 4.90 Å². The zero-order valence-electron chi connectivity index (χ0n) is 17.3. The van der Waals surface area contributed by atoms with Gasteiger partial charge in [-0.05, 0) is 42.8 Å². The fourth-order valence-electron chi connectivity index (χ4n) is 2.94. The Morgan fingerprint density at radius 3 is 2.53 bits per heavy atom. The average Bonchev–Trinajstić information content (AvgIpc) is 2.77. The number of fused-ring (bicyclic) bond motifs is 1. The lowest BCUT2D eigenvalue weighted by Gasteiger charge is -2.21. The van der Waals surface area contributed by atoms with Gasteiger partial charge in [-0.1, -0.05) is 6.07 Å². The van der Waals surface area contributed by atoms with Crippen LogP contribution >= 0.6 is 0 Å². The highest BCUT2D eigenvalue weighted by Gasteiger charge is 2.17. The maximum atomic E-state index is 12.4. The van der Waals surface area contributed by atoms with Crippen LogP contribution in [-0.2, 0) is 16.1 Å². The van der Waals surface area contributed by atoms with Gasteiger partial charge in [0.2, 0.25) is 0 Å². The number of amides is 1. The predicted octanol–water partition coefficient (Wildman–Crippen LogP) is 2.68. The molecule has 2 aromatic rings. The Morgan fingerprint density at radius 1 is 1.03 bits per heavy atom. The van der Waals surface area contributed by atoms with E-state index in [2.05, 4.69) is 0 Å². The van der Waals surface area contributed by atoms with Crippen molar-refractivity contribution in [2.24, 2.45) is 0 Å². The van der Waals surface area contributed by atoms with Crippen LogP contribution in [0.15, 0.2) is 36.4 Å². The third-order valence-electron chi connectivity index (χ3n) is 4.48. The van der Waals surface area contributed by atoms with Crippen LogP contribution in [0.3, 0.4) is 0 Å². The Morgan fingerprint density at radius 2 is 1.80 bits per heavy atom. The number of rotatable bonds is 8. The number of hydrogen-bond donors (Lipinski definition) is 0. The normalized spacial score (nSPS) is 12.1. The fraction of sp³-hybridized carbons (Fsp3) is 0.364. The molecule has 0 atom stereocenters. The molecule has 8 nitrogen and oxygen atoms in total. The predicted molar refractivity (Wildman–Crippen MR) is 108 cm³/mol. The number of ether oxygens (including phenoxy) is 5. The van der Waals surface area contributed by atoms with Crippen molar-refractivity contribution in [1.29, 1.82) is 0 Å². The van der Waals surface area contributed by atoms with Gasteiger partial charge in [-0.2, -0.15) is 0 Å². The summed E-state index contributed by atoms with van der Waals surface area (Å²) >= 11 is 0. The first-order valence-electron chi connectivity index (χ1n) is 9.62. The summed E-state index contributed by atoms with van der Waals surface area (Å²) in [6.07, 6.45) is 0. The Bertz CT molecular complexity index is 912. The molecule has 2 aromatic carbocycles. The molecule has 1 aliphatic heterocycles. The second kappa shape index (κ2) is 9.87. The van der Waals surface area contributed by atoms with Crippen LogP contribution in [0.1, 0.15) is 22.8 Å². The summed E-state index contributed by atoms with van der Waals surface area (Å²) in [5.74, 6) is 1.38. The van der Waals surface area contributed by atoms with Crippen LogP contribution in [0.25, 0.3) is 0 Å². The Balaban J connectivity index is 1.55. The van der Waals surface area contributed by atoms with Gasteiger partial charge in [-0.25, -0.2) is 4.79 Å². The molecule has 0 N–H and O–H groups in total. The summed E-state index contributed by atoms with van der Waals surface area (Å²) in [6, 6.07) is 10.3. The molecule has 0 spiro atoms. The van der Waals surface area contributed by atoms with Crippen LogP contribution in [0.5, 0.6) is 23.0 Å². The lowest BCUT2D eigenvalue weighted by molar-refractivity contribution is -0.133. The summed E-state index contributed by atoms with van der Waals surface area (Å²) < 4.78 is 26.9. The van der Waals surface area contributed by atoms with Gasteiger partial charge in [0.05, 0.1) is 19.3 Å². The van der Waals surface area contributed by atoms with Gasteiger partial charge in [-0.3, -0.25) is 4.79 Å². The zero-order chi connectivity index (χ0) is 21.5. The second-order valence-corrected chi connectivity index (χ2v) is 6.60. The van der Waals surface area contributed by atoms with Gasteiger partial charge in [-0.15, -0.1) is 0 Å². The molecule has 0 saturated carbocycles. The molecule has 3 rings (SSSR count). The highest BCUT2D eigenvalue weighted by Crippen LogP contribution is 2.31. The highest BCUT2D eigenvalue weighted by atomic mass is 16.6. The van der Waals surface area contributed by atoms with Gasteiger partial charge >= 0.3 is 5.97 Å². The van der Waals surface area contributed by atoms with E-state index in [0.717, 1.165) is 5.56 Å². The van der Waals surface area contributed by atoms with Crippen molar-refractivity contribution in [3.63, 3.8) is 0 Å². The molecule has 30 heavy (non-hydrogen) atoms. The Kier molecular flexibility index (Phi) is 7.00. The standard InChI is InChI=1S/C22H25NO7/c1-4-27-17-8-6-16(12-19(17)26-3)22(25)30-14-21(24)23(2)13-15-5-7-18-20(11-15)29-10-9-28-18/h5-8,11-12H,4,9-10,13-14H2,1-3H3. The first-order chi connectivity index (χ1) is 14.5. The molecule has 1 aliphatic rings. The van der Waals surface area contributed by atoms with Crippen molar-refractivity contribution < 1.29 is 33.3 Å². The average molecular weight is 415 g/mol. The first-order valence-corrected chi connectivity index (χ1v) is 9.62. The van der Waals surface area contributed by atoms with Crippen LogP contribution in [0.2, 0.25) is 0 Å². The summed E-state index contributed by atoms with van der Waals surface area (Å²) in [7, 11) is 3.14. The van der Waals surface area contributed by atoms with Gasteiger partial charge in [0.1, 0.15) is 13.2 Å². The fourth-order valence-corrected chi connectivity index (χ4v) is 2.94. The summed E-state index contributed by atoms with van der Waals surface area (Å²) in [4.78, 5) is 26.2. The third-order valence-corrected chi connectivity index (χ3v) is 4.48. The number of esters is 1.